The Kier molecular flexibility index (Phi) is 2.46. The third-order valence-corrected chi connectivity index (χ3v) is 2.68. The molecule has 0 spiro atoms. The molecule has 1 aliphatic carbocycles. The first-order valence-corrected chi connectivity index (χ1v) is 4.73. The van der Waals surface area contributed by atoms with Crippen LogP contribution < -0.4 is 0 Å². The molecule has 0 saturated heterocycles. The number of carbonyl (C=O) groups is 2. The van der Waals surface area contributed by atoms with E-state index < -0.39 is 29.3 Å². The Labute approximate surface area is 89.7 Å². The topological polar surface area (TPSA) is 54.4 Å². The number of hydrogen-bond acceptors (Lipinski definition) is 2. The molecule has 3 nitrogen and oxygen atoms in total. The summed E-state index contributed by atoms with van der Waals surface area (Å²) < 4.78 is 26.7. The number of halogens is 2. The van der Waals surface area contributed by atoms with Crippen LogP contribution in [0.1, 0.15) is 34.7 Å². The first-order valence-electron chi connectivity index (χ1n) is 4.73. The summed E-state index contributed by atoms with van der Waals surface area (Å²) >= 11 is 0. The predicted molar refractivity (Wildman–Crippen MR) is 50.3 cm³/mol. The highest BCUT2D eigenvalue weighted by Gasteiger charge is 2.35. The second-order valence-corrected chi connectivity index (χ2v) is 3.74. The second kappa shape index (κ2) is 3.66. The van der Waals surface area contributed by atoms with Gasteiger partial charge in [0.25, 0.3) is 0 Å². The highest BCUT2D eigenvalue weighted by molar-refractivity contribution is 6.02. The molecule has 0 aromatic heterocycles. The average molecular weight is 226 g/mol. The third-order valence-electron chi connectivity index (χ3n) is 2.68. The van der Waals surface area contributed by atoms with E-state index in [0.29, 0.717) is 0 Å². The summed E-state index contributed by atoms with van der Waals surface area (Å²) in [6.07, 6.45) is -0.501. The van der Waals surface area contributed by atoms with E-state index in [2.05, 4.69) is 0 Å². The van der Waals surface area contributed by atoms with Gasteiger partial charge in [-0.15, -0.1) is 0 Å². The van der Waals surface area contributed by atoms with E-state index in [9.17, 15) is 18.4 Å². The predicted octanol–water partition coefficient (Wildman–Crippen LogP) is 2.11. The lowest BCUT2D eigenvalue weighted by atomic mass is 9.97. The molecule has 1 atom stereocenters. The fraction of sp³-hybridized carbons (Fsp3) is 0.273. The Morgan fingerprint density at radius 2 is 2.00 bits per heavy atom. The quantitative estimate of drug-likeness (QED) is 0.840. The Morgan fingerprint density at radius 3 is 2.62 bits per heavy atom. The minimum Gasteiger partial charge on any atom is -0.481 e. The SMILES string of the molecule is O=C(O)C[C@H]1CC(=O)c2c(F)ccc(F)c21. The molecular formula is C11H8F2O3. The van der Waals surface area contributed by atoms with Gasteiger partial charge < -0.3 is 5.11 Å². The zero-order chi connectivity index (χ0) is 11.9. The van der Waals surface area contributed by atoms with E-state index >= 15 is 0 Å². The molecule has 0 aliphatic heterocycles. The summed E-state index contributed by atoms with van der Waals surface area (Å²) in [5.41, 5.74) is -0.376. The molecule has 16 heavy (non-hydrogen) atoms. The maximum atomic E-state index is 13.4. The Hall–Kier alpha value is -1.78. The Balaban J connectivity index is 2.52. The monoisotopic (exact) mass is 226 g/mol. The van der Waals surface area contributed by atoms with Gasteiger partial charge in [-0.1, -0.05) is 0 Å². The molecule has 5 heteroatoms. The lowest BCUT2D eigenvalue weighted by Crippen LogP contribution is -2.05. The normalized spacial score (nSPS) is 18.6. The summed E-state index contributed by atoms with van der Waals surface area (Å²) in [5.74, 6) is -3.91. The van der Waals surface area contributed by atoms with E-state index in [1.165, 1.54) is 0 Å². The summed E-state index contributed by atoms with van der Waals surface area (Å²) in [6.45, 7) is 0. The Bertz CT molecular complexity index is 482. The fourth-order valence-corrected chi connectivity index (χ4v) is 2.06. The van der Waals surface area contributed by atoms with Gasteiger partial charge in [0.2, 0.25) is 0 Å². The third kappa shape index (κ3) is 1.58. The second-order valence-electron chi connectivity index (χ2n) is 3.74. The lowest BCUT2D eigenvalue weighted by molar-refractivity contribution is -0.137. The minimum atomic E-state index is -1.13. The molecule has 1 aliphatic rings. The number of aliphatic carboxylic acids is 1. The standard InChI is InChI=1S/C11H8F2O3/c12-6-1-2-7(13)11-8(14)3-5(10(6)11)4-9(15)16/h1-2,5H,3-4H2,(H,15,16)/t5-/m1/s1. The molecule has 2 rings (SSSR count). The number of Topliss-reactive ketones (excluding diaryl/α,β-unsaturated/α-hetero) is 1. The highest BCUT2D eigenvalue weighted by Crippen LogP contribution is 2.38. The Morgan fingerprint density at radius 1 is 1.38 bits per heavy atom. The molecule has 0 unspecified atom stereocenters. The number of benzene rings is 1. The summed E-state index contributed by atoms with van der Waals surface area (Å²) in [5, 5.41) is 8.62. The van der Waals surface area contributed by atoms with Crippen molar-refractivity contribution in [1.82, 2.24) is 0 Å². The van der Waals surface area contributed by atoms with Crippen molar-refractivity contribution in [2.75, 3.05) is 0 Å². The van der Waals surface area contributed by atoms with Gasteiger partial charge in [0.05, 0.1) is 12.0 Å². The molecule has 0 radical (unpaired) electrons. The highest BCUT2D eigenvalue weighted by atomic mass is 19.1. The van der Waals surface area contributed by atoms with Crippen molar-refractivity contribution in [1.29, 1.82) is 0 Å². The van der Waals surface area contributed by atoms with Gasteiger partial charge in [0.15, 0.2) is 5.78 Å². The van der Waals surface area contributed by atoms with E-state index in [4.69, 9.17) is 5.11 Å². The van der Waals surface area contributed by atoms with Crippen LogP contribution in [0.3, 0.4) is 0 Å². The average Bonchev–Trinajstić information content (AvgIpc) is 2.49. The molecule has 0 fully saturated rings. The van der Waals surface area contributed by atoms with Crippen molar-refractivity contribution < 1.29 is 23.5 Å². The van der Waals surface area contributed by atoms with Gasteiger partial charge in [-0.2, -0.15) is 0 Å². The molecule has 1 N–H and O–H groups in total. The first-order chi connectivity index (χ1) is 7.50. The van der Waals surface area contributed by atoms with Gasteiger partial charge in [0.1, 0.15) is 11.6 Å². The van der Waals surface area contributed by atoms with Crippen LogP contribution in [0.4, 0.5) is 8.78 Å². The summed E-state index contributed by atoms with van der Waals surface area (Å²) in [7, 11) is 0. The van der Waals surface area contributed by atoms with Crippen LogP contribution >= 0.6 is 0 Å². The van der Waals surface area contributed by atoms with Crippen LogP contribution in [0.15, 0.2) is 12.1 Å². The van der Waals surface area contributed by atoms with Gasteiger partial charge >= 0.3 is 5.97 Å². The van der Waals surface area contributed by atoms with E-state index in [1.807, 2.05) is 0 Å². The minimum absolute atomic E-state index is 0.0904. The first kappa shape index (κ1) is 10.7. The molecule has 84 valence electrons. The van der Waals surface area contributed by atoms with Crippen molar-refractivity contribution in [3.05, 3.63) is 34.9 Å². The molecule has 0 amide bonds. The van der Waals surface area contributed by atoms with E-state index in [-0.39, 0.29) is 24.0 Å². The van der Waals surface area contributed by atoms with Gasteiger partial charge in [0, 0.05) is 17.9 Å². The van der Waals surface area contributed by atoms with Gasteiger partial charge in [-0.3, -0.25) is 9.59 Å². The fourth-order valence-electron chi connectivity index (χ4n) is 2.06. The largest absolute Gasteiger partial charge is 0.481 e. The maximum Gasteiger partial charge on any atom is 0.303 e. The number of carboxylic acids is 1. The van der Waals surface area contributed by atoms with Crippen molar-refractivity contribution in [2.24, 2.45) is 0 Å². The van der Waals surface area contributed by atoms with Gasteiger partial charge in [-0.25, -0.2) is 8.78 Å². The number of hydrogen-bond donors (Lipinski definition) is 1. The molecule has 0 bridgehead atoms. The zero-order valence-corrected chi connectivity index (χ0v) is 8.17. The molecule has 1 aromatic rings. The summed E-state index contributed by atoms with van der Waals surface area (Å²) in [6, 6.07) is 1.80. The van der Waals surface area contributed by atoms with Crippen molar-refractivity contribution in [3.63, 3.8) is 0 Å². The molecule has 0 saturated carbocycles. The number of fused-ring (bicyclic) bond motifs is 1. The molecule has 1 aromatic carbocycles. The van der Waals surface area contributed by atoms with Crippen LogP contribution in [0.2, 0.25) is 0 Å². The van der Waals surface area contributed by atoms with Crippen LogP contribution in [-0.4, -0.2) is 16.9 Å². The van der Waals surface area contributed by atoms with Crippen molar-refractivity contribution >= 4 is 11.8 Å². The van der Waals surface area contributed by atoms with Gasteiger partial charge in [-0.05, 0) is 12.1 Å². The van der Waals surface area contributed by atoms with E-state index in [1.54, 1.807) is 0 Å². The number of carboxylic acid groups (broad SMARTS) is 1. The zero-order valence-electron chi connectivity index (χ0n) is 8.17. The maximum absolute atomic E-state index is 13.4. The smallest absolute Gasteiger partial charge is 0.303 e. The van der Waals surface area contributed by atoms with Crippen LogP contribution in [0, 0.1) is 11.6 Å². The van der Waals surface area contributed by atoms with Crippen molar-refractivity contribution in [3.8, 4) is 0 Å². The lowest BCUT2D eigenvalue weighted by Gasteiger charge is -2.08. The van der Waals surface area contributed by atoms with Crippen LogP contribution in [0.25, 0.3) is 0 Å². The number of rotatable bonds is 2. The number of ketones is 1. The summed E-state index contributed by atoms with van der Waals surface area (Å²) in [4.78, 5) is 22.0. The van der Waals surface area contributed by atoms with Crippen molar-refractivity contribution in [2.45, 2.75) is 18.8 Å². The number of carbonyl (C=O) groups excluding carboxylic acids is 1. The van der Waals surface area contributed by atoms with E-state index in [0.717, 1.165) is 12.1 Å². The van der Waals surface area contributed by atoms with Crippen LogP contribution in [0.5, 0.6) is 0 Å². The molecule has 0 heterocycles. The molecular weight excluding hydrogens is 218 g/mol. The van der Waals surface area contributed by atoms with Crippen LogP contribution in [-0.2, 0) is 4.79 Å².